The van der Waals surface area contributed by atoms with Gasteiger partial charge in [-0.05, 0) is 49.4 Å². The quantitative estimate of drug-likeness (QED) is 0.711. The lowest BCUT2D eigenvalue weighted by atomic mass is 10.2. The predicted molar refractivity (Wildman–Crippen MR) is 99.4 cm³/mol. The van der Waals surface area contributed by atoms with E-state index in [2.05, 4.69) is 10.6 Å². The highest BCUT2D eigenvalue weighted by Crippen LogP contribution is 2.22. The molecule has 2 N–H and O–H groups in total. The number of halogens is 3. The normalized spacial score (nSPS) is 11.4. The Kier molecular flexibility index (Phi) is 7.15. The van der Waals surface area contributed by atoms with Gasteiger partial charge in [0.1, 0.15) is 12.4 Å². The molecule has 142 valence electrons. The fourth-order valence-corrected chi connectivity index (χ4v) is 2.54. The Morgan fingerprint density at radius 2 is 1.67 bits per heavy atom. The summed E-state index contributed by atoms with van der Waals surface area (Å²) in [6.45, 7) is 0.929. The lowest BCUT2D eigenvalue weighted by molar-refractivity contribution is -0.152. The van der Waals surface area contributed by atoms with E-state index in [0.717, 1.165) is 12.1 Å². The van der Waals surface area contributed by atoms with Gasteiger partial charge < -0.3 is 15.4 Å². The number of carbonyl (C=O) groups excluding carboxylic acids is 3. The van der Waals surface area contributed by atoms with E-state index in [1.165, 1.54) is 37.3 Å². The van der Waals surface area contributed by atoms with E-state index in [1.807, 2.05) is 0 Å². The maximum atomic E-state index is 12.8. The summed E-state index contributed by atoms with van der Waals surface area (Å²) in [6.07, 6.45) is -1.11. The number of rotatable bonds is 6. The molecule has 0 bridgehead atoms. The first-order valence-electron chi connectivity index (χ1n) is 7.75. The maximum absolute atomic E-state index is 12.8. The van der Waals surface area contributed by atoms with Crippen LogP contribution in [0.3, 0.4) is 0 Å². The van der Waals surface area contributed by atoms with Crippen molar-refractivity contribution in [3.8, 4) is 0 Å². The molecule has 0 aliphatic carbocycles. The van der Waals surface area contributed by atoms with Crippen molar-refractivity contribution in [1.82, 2.24) is 5.32 Å². The molecule has 0 spiro atoms. The number of esters is 1. The topological polar surface area (TPSA) is 84.5 Å². The highest BCUT2D eigenvalue weighted by molar-refractivity contribution is 6.35. The first-order valence-corrected chi connectivity index (χ1v) is 8.50. The third-order valence-corrected chi connectivity index (χ3v) is 3.74. The fraction of sp³-hybridized carbons (Fsp3) is 0.167. The van der Waals surface area contributed by atoms with Gasteiger partial charge in [-0.1, -0.05) is 23.2 Å². The van der Waals surface area contributed by atoms with Gasteiger partial charge in [0, 0.05) is 21.3 Å². The van der Waals surface area contributed by atoms with Gasteiger partial charge >= 0.3 is 5.97 Å². The molecule has 0 aliphatic rings. The monoisotopic (exact) mass is 412 g/mol. The predicted octanol–water partition coefficient (Wildman–Crippen LogP) is 3.43. The van der Waals surface area contributed by atoms with Crippen molar-refractivity contribution in [2.45, 2.75) is 13.0 Å². The van der Waals surface area contributed by atoms with Crippen LogP contribution in [-0.4, -0.2) is 30.4 Å². The van der Waals surface area contributed by atoms with Crippen LogP contribution in [0.15, 0.2) is 42.5 Å². The average molecular weight is 413 g/mol. The summed E-state index contributed by atoms with van der Waals surface area (Å²) >= 11 is 11.7. The van der Waals surface area contributed by atoms with Gasteiger partial charge in [0.2, 0.25) is 0 Å². The van der Waals surface area contributed by atoms with Crippen molar-refractivity contribution in [1.29, 1.82) is 0 Å². The largest absolute Gasteiger partial charge is 0.451 e. The zero-order valence-electron chi connectivity index (χ0n) is 14.1. The number of hydrogen-bond donors (Lipinski definition) is 2. The van der Waals surface area contributed by atoms with Crippen LogP contribution >= 0.6 is 23.2 Å². The molecule has 2 aromatic carbocycles. The van der Waals surface area contributed by atoms with E-state index < -0.39 is 36.2 Å². The lowest BCUT2D eigenvalue weighted by Gasteiger charge is -2.14. The zero-order chi connectivity index (χ0) is 20.0. The van der Waals surface area contributed by atoms with Crippen LogP contribution in [0.25, 0.3) is 0 Å². The summed E-state index contributed by atoms with van der Waals surface area (Å²) in [5.41, 5.74) is 0.540. The van der Waals surface area contributed by atoms with E-state index in [0.29, 0.717) is 15.7 Å². The van der Waals surface area contributed by atoms with Crippen molar-refractivity contribution < 1.29 is 23.5 Å². The zero-order valence-corrected chi connectivity index (χ0v) is 15.6. The lowest BCUT2D eigenvalue weighted by Crippen LogP contribution is -2.35. The number of anilines is 1. The molecule has 2 amide bonds. The third-order valence-electron chi connectivity index (χ3n) is 3.31. The fourth-order valence-electron chi connectivity index (χ4n) is 2.02. The summed E-state index contributed by atoms with van der Waals surface area (Å²) in [5, 5.41) is 5.52. The highest BCUT2D eigenvalue weighted by Gasteiger charge is 2.19. The maximum Gasteiger partial charge on any atom is 0.326 e. The standard InChI is InChI=1S/C18H15Cl2FN2O4/c1-10(17(25)23-15-7-12(19)6-13(20)8-15)27-16(24)9-22-18(26)11-2-4-14(21)5-3-11/h2-8,10H,9H2,1H3,(H,22,26)(H,23,25)/t10-/m1/s1. The van der Waals surface area contributed by atoms with Crippen LogP contribution in [0.4, 0.5) is 10.1 Å². The van der Waals surface area contributed by atoms with Crippen molar-refractivity contribution in [2.75, 3.05) is 11.9 Å². The molecule has 27 heavy (non-hydrogen) atoms. The second-order valence-corrected chi connectivity index (χ2v) is 6.34. The van der Waals surface area contributed by atoms with Crippen molar-refractivity contribution in [2.24, 2.45) is 0 Å². The number of benzene rings is 2. The van der Waals surface area contributed by atoms with E-state index in [9.17, 15) is 18.8 Å². The molecule has 0 saturated heterocycles. The van der Waals surface area contributed by atoms with Crippen molar-refractivity contribution in [3.05, 3.63) is 63.9 Å². The minimum Gasteiger partial charge on any atom is -0.451 e. The molecule has 9 heteroatoms. The van der Waals surface area contributed by atoms with Crippen molar-refractivity contribution in [3.63, 3.8) is 0 Å². The smallest absolute Gasteiger partial charge is 0.326 e. The van der Waals surface area contributed by atoms with Crippen LogP contribution < -0.4 is 10.6 Å². The molecule has 2 rings (SSSR count). The van der Waals surface area contributed by atoms with Crippen LogP contribution in [0.1, 0.15) is 17.3 Å². The van der Waals surface area contributed by atoms with Gasteiger partial charge in [0.25, 0.3) is 11.8 Å². The second kappa shape index (κ2) is 9.34. The summed E-state index contributed by atoms with van der Waals surface area (Å²) in [7, 11) is 0. The van der Waals surface area contributed by atoms with Crippen LogP contribution in [0.5, 0.6) is 0 Å². The van der Waals surface area contributed by atoms with Gasteiger partial charge in [-0.15, -0.1) is 0 Å². The van der Waals surface area contributed by atoms with Gasteiger partial charge in [0.15, 0.2) is 6.10 Å². The van der Waals surface area contributed by atoms with Crippen LogP contribution in [0, 0.1) is 5.82 Å². The van der Waals surface area contributed by atoms with Gasteiger partial charge in [0.05, 0.1) is 0 Å². The Morgan fingerprint density at radius 3 is 2.26 bits per heavy atom. The van der Waals surface area contributed by atoms with Gasteiger partial charge in [-0.2, -0.15) is 0 Å². The molecule has 0 aromatic heterocycles. The van der Waals surface area contributed by atoms with E-state index in [4.69, 9.17) is 27.9 Å². The van der Waals surface area contributed by atoms with Gasteiger partial charge in [-0.3, -0.25) is 14.4 Å². The number of amides is 2. The number of nitrogens with one attached hydrogen (secondary N) is 2. The molecule has 6 nitrogen and oxygen atoms in total. The molecule has 0 fully saturated rings. The molecule has 0 aliphatic heterocycles. The molecule has 0 unspecified atom stereocenters. The van der Waals surface area contributed by atoms with E-state index in [-0.39, 0.29) is 5.56 Å². The Bertz CT molecular complexity index is 839. The number of ether oxygens (including phenoxy) is 1. The molecule has 2 aromatic rings. The summed E-state index contributed by atoms with van der Waals surface area (Å²) in [4.78, 5) is 35.7. The minimum absolute atomic E-state index is 0.188. The Hall–Kier alpha value is -2.64. The molecule has 1 atom stereocenters. The Balaban J connectivity index is 1.82. The Labute approximate surface area is 164 Å². The van der Waals surface area contributed by atoms with Crippen molar-refractivity contribution >= 4 is 46.7 Å². The van der Waals surface area contributed by atoms with E-state index >= 15 is 0 Å². The van der Waals surface area contributed by atoms with Crippen LogP contribution in [-0.2, 0) is 14.3 Å². The number of hydrogen-bond acceptors (Lipinski definition) is 4. The number of carbonyl (C=O) groups is 3. The SMILES string of the molecule is C[C@@H](OC(=O)CNC(=O)c1ccc(F)cc1)C(=O)Nc1cc(Cl)cc(Cl)c1. The minimum atomic E-state index is -1.11. The molecule has 0 radical (unpaired) electrons. The second-order valence-electron chi connectivity index (χ2n) is 5.47. The third kappa shape index (κ3) is 6.54. The average Bonchev–Trinajstić information content (AvgIpc) is 2.59. The highest BCUT2D eigenvalue weighted by atomic mass is 35.5. The molecule has 0 saturated carbocycles. The van der Waals surface area contributed by atoms with Gasteiger partial charge in [-0.25, -0.2) is 4.39 Å². The van der Waals surface area contributed by atoms with E-state index in [1.54, 1.807) is 0 Å². The van der Waals surface area contributed by atoms with Crippen LogP contribution in [0.2, 0.25) is 10.0 Å². The molecular formula is C18H15Cl2FN2O4. The first kappa shape index (κ1) is 20.7. The first-order chi connectivity index (χ1) is 12.7. The molecular weight excluding hydrogens is 398 g/mol. The molecule has 0 heterocycles. The Morgan fingerprint density at radius 1 is 1.07 bits per heavy atom. The summed E-state index contributed by atoms with van der Waals surface area (Å²) in [5.74, 6) is -2.45. The summed E-state index contributed by atoms with van der Waals surface area (Å²) < 4.78 is 17.8. The summed E-state index contributed by atoms with van der Waals surface area (Å²) in [6, 6.07) is 9.30.